The molecule has 2 fully saturated rings. The smallest absolute Gasteiger partial charge is 0.194 e. The maximum Gasteiger partial charge on any atom is 0.194 e. The van der Waals surface area contributed by atoms with Crippen molar-refractivity contribution in [1.82, 2.24) is 19.8 Å². The van der Waals surface area contributed by atoms with Gasteiger partial charge in [0.2, 0.25) is 0 Å². The number of aliphatic imine (C=N–C) groups is 1. The summed E-state index contributed by atoms with van der Waals surface area (Å²) in [4.78, 5) is 11.6. The van der Waals surface area contributed by atoms with E-state index in [0.717, 1.165) is 38.0 Å². The van der Waals surface area contributed by atoms with Gasteiger partial charge in [-0.25, -0.2) is 4.98 Å². The highest BCUT2D eigenvalue weighted by Gasteiger charge is 2.38. The monoisotopic (exact) mass is 491 g/mol. The molecule has 148 valence electrons. The number of rotatable bonds is 4. The van der Waals surface area contributed by atoms with Crippen LogP contribution in [0.15, 0.2) is 17.4 Å². The van der Waals surface area contributed by atoms with Crippen LogP contribution in [0.4, 0.5) is 0 Å². The molecule has 2 aliphatic rings. The summed E-state index contributed by atoms with van der Waals surface area (Å²) in [7, 11) is 1.90. The lowest BCUT2D eigenvalue weighted by molar-refractivity contribution is 0.293. The van der Waals surface area contributed by atoms with Gasteiger partial charge in [-0.05, 0) is 18.8 Å². The first kappa shape index (κ1) is 21.9. The van der Waals surface area contributed by atoms with Crippen molar-refractivity contribution < 1.29 is 0 Å². The molecular formula is C19H34IN5S. The number of guanidine groups is 1. The van der Waals surface area contributed by atoms with Crippen LogP contribution in [0.2, 0.25) is 0 Å². The van der Waals surface area contributed by atoms with Gasteiger partial charge in [0.05, 0.1) is 6.54 Å². The molecule has 1 saturated heterocycles. The van der Waals surface area contributed by atoms with E-state index in [1.807, 2.05) is 13.2 Å². The third-order valence-electron chi connectivity index (χ3n) is 5.29. The molecule has 0 amide bonds. The van der Waals surface area contributed by atoms with Gasteiger partial charge in [-0.1, -0.05) is 33.1 Å². The van der Waals surface area contributed by atoms with E-state index in [1.165, 1.54) is 37.9 Å². The Morgan fingerprint density at radius 3 is 2.81 bits per heavy atom. The molecule has 1 aliphatic heterocycles. The molecule has 0 radical (unpaired) electrons. The minimum Gasteiger partial charge on any atom is -0.349 e. The molecule has 5 nitrogen and oxygen atoms in total. The molecule has 2 heterocycles. The van der Waals surface area contributed by atoms with Gasteiger partial charge in [0.25, 0.3) is 0 Å². The molecule has 0 aromatic carbocycles. The number of nitrogens with one attached hydrogen (secondary N) is 1. The van der Waals surface area contributed by atoms with Crippen LogP contribution in [0.25, 0.3) is 0 Å². The SMILES string of the molecule is CN=C(NCc1nccn1CC(C)C)N1CCSC2(CCCCC2)C1.I. The molecule has 0 atom stereocenters. The van der Waals surface area contributed by atoms with E-state index in [4.69, 9.17) is 0 Å². The number of thioether (sulfide) groups is 1. The van der Waals surface area contributed by atoms with Gasteiger partial charge in [-0.2, -0.15) is 11.8 Å². The van der Waals surface area contributed by atoms with E-state index in [1.54, 1.807) is 0 Å². The van der Waals surface area contributed by atoms with Gasteiger partial charge < -0.3 is 14.8 Å². The second-order valence-electron chi connectivity index (χ2n) is 7.80. The summed E-state index contributed by atoms with van der Waals surface area (Å²) < 4.78 is 2.71. The highest BCUT2D eigenvalue weighted by molar-refractivity contribution is 14.0. The maximum absolute atomic E-state index is 4.56. The van der Waals surface area contributed by atoms with Crippen LogP contribution >= 0.6 is 35.7 Å². The highest BCUT2D eigenvalue weighted by Crippen LogP contribution is 2.42. The summed E-state index contributed by atoms with van der Waals surface area (Å²) in [5.74, 6) is 3.96. The number of imidazole rings is 1. The van der Waals surface area contributed by atoms with E-state index in [9.17, 15) is 0 Å². The third kappa shape index (κ3) is 5.53. The van der Waals surface area contributed by atoms with E-state index >= 15 is 0 Å². The third-order valence-corrected chi connectivity index (χ3v) is 6.83. The van der Waals surface area contributed by atoms with Gasteiger partial charge in [-0.3, -0.25) is 4.99 Å². The average Bonchev–Trinajstić information content (AvgIpc) is 3.03. The second-order valence-corrected chi connectivity index (χ2v) is 9.37. The molecular weight excluding hydrogens is 457 g/mol. The van der Waals surface area contributed by atoms with Crippen molar-refractivity contribution in [3.63, 3.8) is 0 Å². The number of halogens is 1. The highest BCUT2D eigenvalue weighted by atomic mass is 127. The summed E-state index contributed by atoms with van der Waals surface area (Å²) in [6.07, 6.45) is 10.9. The van der Waals surface area contributed by atoms with E-state index in [-0.39, 0.29) is 24.0 Å². The zero-order valence-corrected chi connectivity index (χ0v) is 19.6. The average molecular weight is 491 g/mol. The fourth-order valence-corrected chi connectivity index (χ4v) is 5.65. The summed E-state index contributed by atoms with van der Waals surface area (Å²) in [5, 5.41) is 3.56. The molecule has 3 rings (SSSR count). The van der Waals surface area contributed by atoms with Crippen LogP contribution in [0, 0.1) is 5.92 Å². The summed E-state index contributed by atoms with van der Waals surface area (Å²) in [5.41, 5.74) is 0. The predicted molar refractivity (Wildman–Crippen MR) is 123 cm³/mol. The van der Waals surface area contributed by atoms with E-state index < -0.39 is 0 Å². The lowest BCUT2D eigenvalue weighted by atomic mass is 9.87. The van der Waals surface area contributed by atoms with Crippen LogP contribution in [-0.4, -0.2) is 51.0 Å². The Labute approximate surface area is 179 Å². The number of hydrogen-bond acceptors (Lipinski definition) is 3. The van der Waals surface area contributed by atoms with E-state index in [0.29, 0.717) is 10.7 Å². The van der Waals surface area contributed by atoms with Crippen LogP contribution in [0.3, 0.4) is 0 Å². The molecule has 1 saturated carbocycles. The van der Waals surface area contributed by atoms with Crippen LogP contribution in [0.1, 0.15) is 51.8 Å². The fourth-order valence-electron chi connectivity index (χ4n) is 4.08. The van der Waals surface area contributed by atoms with Crippen molar-refractivity contribution in [2.75, 3.05) is 25.9 Å². The summed E-state index contributed by atoms with van der Waals surface area (Å²) in [6.45, 7) is 8.46. The fraction of sp³-hybridized carbons (Fsp3) is 0.789. The maximum atomic E-state index is 4.56. The summed E-state index contributed by atoms with van der Waals surface area (Å²) in [6, 6.07) is 0. The standard InChI is InChI=1S/C19H33N5S.HI/c1-16(2)14-23-10-9-21-17(23)13-22-18(20-3)24-11-12-25-19(15-24)7-5-4-6-8-19;/h9-10,16H,4-8,11-15H2,1-3H3,(H,20,22);1H. The predicted octanol–water partition coefficient (Wildman–Crippen LogP) is 3.98. The van der Waals surface area contributed by atoms with Crippen molar-refractivity contribution in [3.05, 3.63) is 18.2 Å². The van der Waals surface area contributed by atoms with Gasteiger partial charge >= 0.3 is 0 Å². The topological polar surface area (TPSA) is 45.5 Å². The van der Waals surface area contributed by atoms with Crippen molar-refractivity contribution in [3.8, 4) is 0 Å². The molecule has 0 bridgehead atoms. The molecule has 1 aliphatic carbocycles. The number of nitrogens with zero attached hydrogens (tertiary/aromatic N) is 4. The normalized spacial score (nSPS) is 20.3. The number of aromatic nitrogens is 2. The van der Waals surface area contributed by atoms with Crippen molar-refractivity contribution in [2.24, 2.45) is 10.9 Å². The first-order valence-electron chi connectivity index (χ1n) is 9.71. The molecule has 7 heteroatoms. The first-order valence-corrected chi connectivity index (χ1v) is 10.7. The molecule has 26 heavy (non-hydrogen) atoms. The van der Waals surface area contributed by atoms with Crippen LogP contribution in [-0.2, 0) is 13.1 Å². The lowest BCUT2D eigenvalue weighted by Crippen LogP contribution is -2.53. The van der Waals surface area contributed by atoms with Crippen LogP contribution in [0.5, 0.6) is 0 Å². The van der Waals surface area contributed by atoms with Gasteiger partial charge in [0, 0.05) is 49.6 Å². The minimum absolute atomic E-state index is 0. The largest absolute Gasteiger partial charge is 0.349 e. The Morgan fingerprint density at radius 2 is 2.12 bits per heavy atom. The molecule has 1 N–H and O–H groups in total. The lowest BCUT2D eigenvalue weighted by Gasteiger charge is -2.45. The molecule has 1 aromatic rings. The quantitative estimate of drug-likeness (QED) is 0.393. The van der Waals surface area contributed by atoms with Crippen molar-refractivity contribution in [1.29, 1.82) is 0 Å². The second kappa shape index (κ2) is 10.2. The van der Waals surface area contributed by atoms with Crippen molar-refractivity contribution in [2.45, 2.75) is 63.8 Å². The van der Waals surface area contributed by atoms with Gasteiger partial charge in [-0.15, -0.1) is 24.0 Å². The number of hydrogen-bond donors (Lipinski definition) is 1. The van der Waals surface area contributed by atoms with Crippen molar-refractivity contribution >= 4 is 41.7 Å². The first-order chi connectivity index (χ1) is 12.1. The van der Waals surface area contributed by atoms with Crippen LogP contribution < -0.4 is 5.32 Å². The Hall–Kier alpha value is -0.440. The Balaban J connectivity index is 0.00000243. The van der Waals surface area contributed by atoms with E-state index in [2.05, 4.69) is 56.6 Å². The molecule has 1 spiro atoms. The Bertz CT molecular complexity index is 575. The molecule has 0 unspecified atom stereocenters. The van der Waals surface area contributed by atoms with Gasteiger partial charge in [0.1, 0.15) is 5.82 Å². The van der Waals surface area contributed by atoms with Gasteiger partial charge in [0.15, 0.2) is 5.96 Å². The summed E-state index contributed by atoms with van der Waals surface area (Å²) >= 11 is 2.20. The molecule has 1 aromatic heterocycles. The minimum atomic E-state index is 0. The Kier molecular flexibility index (Phi) is 8.57. The zero-order chi connectivity index (χ0) is 17.7. The zero-order valence-electron chi connectivity index (χ0n) is 16.4. The Morgan fingerprint density at radius 1 is 1.35 bits per heavy atom.